The summed E-state index contributed by atoms with van der Waals surface area (Å²) in [6, 6.07) is 6.68. The molecule has 0 atom stereocenters. The summed E-state index contributed by atoms with van der Waals surface area (Å²) in [6.07, 6.45) is 1.42. The summed E-state index contributed by atoms with van der Waals surface area (Å²) in [4.78, 5) is 25.2. The van der Waals surface area contributed by atoms with E-state index in [-0.39, 0.29) is 33.6 Å². The van der Waals surface area contributed by atoms with Crippen molar-refractivity contribution in [3.8, 4) is 22.6 Å². The Labute approximate surface area is 203 Å². The van der Waals surface area contributed by atoms with E-state index in [1.165, 1.54) is 42.1 Å². The molecule has 2 aromatic heterocycles. The maximum Gasteiger partial charge on any atom is 0.287 e. The lowest BCUT2D eigenvalue weighted by atomic mass is 9.93. The number of amides is 1. The van der Waals surface area contributed by atoms with Crippen LogP contribution in [0.5, 0.6) is 11.5 Å². The number of aliphatic hydroxyl groups is 1. The van der Waals surface area contributed by atoms with E-state index < -0.39 is 40.3 Å². The maximum absolute atomic E-state index is 14.4. The van der Waals surface area contributed by atoms with Crippen LogP contribution >= 0.6 is 0 Å². The van der Waals surface area contributed by atoms with E-state index in [0.29, 0.717) is 24.2 Å². The zero-order valence-electron chi connectivity index (χ0n) is 19.9. The third kappa shape index (κ3) is 4.59. The number of nitrogens with zero attached hydrogens (tertiary/aromatic N) is 1. The van der Waals surface area contributed by atoms with Crippen molar-refractivity contribution in [3.63, 3.8) is 0 Å². The molecule has 2 N–H and O–H groups in total. The topological polar surface area (TPSA) is 93.7 Å². The number of fused-ring (bicyclic) bond motifs is 1. The molecule has 0 saturated carbocycles. The maximum atomic E-state index is 14.4. The highest BCUT2D eigenvalue weighted by molar-refractivity contribution is 6.00. The van der Waals surface area contributed by atoms with Gasteiger partial charge >= 0.3 is 0 Å². The second kappa shape index (κ2) is 9.19. The first-order valence-corrected chi connectivity index (χ1v) is 11.0. The van der Waals surface area contributed by atoms with Gasteiger partial charge in [-0.2, -0.15) is 0 Å². The molecule has 2 heterocycles. The Hall–Kier alpha value is -4.05. The first-order chi connectivity index (χ1) is 16.9. The van der Waals surface area contributed by atoms with Gasteiger partial charge in [-0.15, -0.1) is 0 Å². The van der Waals surface area contributed by atoms with E-state index in [1.54, 1.807) is 20.8 Å². The fourth-order valence-electron chi connectivity index (χ4n) is 3.75. The van der Waals surface area contributed by atoms with E-state index in [9.17, 15) is 27.9 Å². The molecule has 0 radical (unpaired) electrons. The summed E-state index contributed by atoms with van der Waals surface area (Å²) < 4.78 is 54.7. The number of carbonyl (C=O) groups excluding carboxylic acids is 1. The van der Waals surface area contributed by atoms with Gasteiger partial charge < -0.3 is 24.1 Å². The van der Waals surface area contributed by atoms with Gasteiger partial charge in [0.2, 0.25) is 0 Å². The average Bonchev–Trinajstić information content (AvgIpc) is 3.24. The Kier molecular flexibility index (Phi) is 6.40. The van der Waals surface area contributed by atoms with Crippen LogP contribution in [-0.4, -0.2) is 22.1 Å². The minimum Gasteiger partial charge on any atom is -0.451 e. The molecule has 10 heteroatoms. The molecule has 36 heavy (non-hydrogen) atoms. The summed E-state index contributed by atoms with van der Waals surface area (Å²) in [6.45, 7) is 5.15. The molecule has 0 spiro atoms. The molecule has 4 aromatic rings. The predicted octanol–water partition coefficient (Wildman–Crippen LogP) is 4.99. The van der Waals surface area contributed by atoms with Gasteiger partial charge in [-0.05, 0) is 38.5 Å². The summed E-state index contributed by atoms with van der Waals surface area (Å²) >= 11 is 0. The van der Waals surface area contributed by atoms with Crippen LogP contribution in [0.2, 0.25) is 0 Å². The first-order valence-electron chi connectivity index (χ1n) is 11.0. The van der Waals surface area contributed by atoms with Crippen molar-refractivity contribution >= 4 is 16.9 Å². The molecule has 0 fully saturated rings. The molecule has 0 unspecified atom stereocenters. The summed E-state index contributed by atoms with van der Waals surface area (Å²) in [5.41, 5.74) is -0.833. The van der Waals surface area contributed by atoms with Gasteiger partial charge in [0.1, 0.15) is 17.1 Å². The average molecular weight is 500 g/mol. The minimum atomic E-state index is -1.31. The Bertz CT molecular complexity index is 1530. The van der Waals surface area contributed by atoms with Crippen molar-refractivity contribution in [2.24, 2.45) is 7.05 Å². The minimum absolute atomic E-state index is 0.0390. The van der Waals surface area contributed by atoms with E-state index in [4.69, 9.17) is 9.15 Å². The van der Waals surface area contributed by atoms with E-state index >= 15 is 0 Å². The number of hydrogen-bond donors (Lipinski definition) is 2. The number of furan rings is 1. The first kappa shape index (κ1) is 25.1. The van der Waals surface area contributed by atoms with Crippen molar-refractivity contribution < 1.29 is 32.2 Å². The van der Waals surface area contributed by atoms with Crippen LogP contribution in [0.15, 0.2) is 51.8 Å². The Balaban J connectivity index is 2.00. The van der Waals surface area contributed by atoms with E-state index in [0.717, 1.165) is 0 Å². The highest BCUT2D eigenvalue weighted by atomic mass is 19.1. The molecule has 0 bridgehead atoms. The van der Waals surface area contributed by atoms with E-state index in [2.05, 4.69) is 5.32 Å². The summed E-state index contributed by atoms with van der Waals surface area (Å²) in [7, 11) is 1.49. The van der Waals surface area contributed by atoms with Crippen LogP contribution in [-0.2, 0) is 12.6 Å². The Morgan fingerprint density at radius 2 is 1.78 bits per heavy atom. The summed E-state index contributed by atoms with van der Waals surface area (Å²) in [5.74, 6) is -5.16. The number of halogens is 3. The highest BCUT2D eigenvalue weighted by Gasteiger charge is 2.25. The summed E-state index contributed by atoms with van der Waals surface area (Å²) in [5, 5.41) is 13.3. The van der Waals surface area contributed by atoms with Crippen LogP contribution in [0.1, 0.15) is 36.9 Å². The van der Waals surface area contributed by atoms with Gasteiger partial charge in [0, 0.05) is 49.1 Å². The zero-order chi connectivity index (χ0) is 26.4. The number of ether oxygens (including phenoxy) is 1. The van der Waals surface area contributed by atoms with Gasteiger partial charge in [0.25, 0.3) is 11.5 Å². The number of aromatic nitrogens is 1. The third-order valence-electron chi connectivity index (χ3n) is 5.56. The molecule has 0 aliphatic rings. The molecule has 4 rings (SSSR count). The molecule has 0 saturated heterocycles. The molecule has 1 amide bonds. The lowest BCUT2D eigenvalue weighted by molar-refractivity contribution is 0.0786. The van der Waals surface area contributed by atoms with Crippen molar-refractivity contribution in [3.05, 3.63) is 81.7 Å². The second-order valence-electron chi connectivity index (χ2n) is 8.74. The molecule has 7 nitrogen and oxygen atoms in total. The van der Waals surface area contributed by atoms with Crippen molar-refractivity contribution in [1.82, 2.24) is 9.88 Å². The number of pyridine rings is 1. The Morgan fingerprint density at radius 1 is 1.11 bits per heavy atom. The van der Waals surface area contributed by atoms with Crippen LogP contribution in [0.4, 0.5) is 13.2 Å². The van der Waals surface area contributed by atoms with Crippen LogP contribution in [0.25, 0.3) is 22.1 Å². The van der Waals surface area contributed by atoms with Gasteiger partial charge in [-0.3, -0.25) is 9.59 Å². The molecular weight excluding hydrogens is 477 g/mol. The quantitative estimate of drug-likeness (QED) is 0.389. The van der Waals surface area contributed by atoms with Crippen LogP contribution in [0, 0.1) is 17.5 Å². The monoisotopic (exact) mass is 500 g/mol. The fraction of sp³-hybridized carbons (Fsp3) is 0.231. The predicted molar refractivity (Wildman–Crippen MR) is 127 cm³/mol. The molecule has 0 aliphatic carbocycles. The smallest absolute Gasteiger partial charge is 0.287 e. The SMILES string of the molecule is CCNC(=O)c1cc2c(=O)n(C)cc(-c3cc(C(C)(C)O)ccc3Oc3c(F)cc(F)cc3F)c2o1. The number of nitrogens with one attached hydrogen (secondary N) is 1. The largest absolute Gasteiger partial charge is 0.451 e. The van der Waals surface area contributed by atoms with Crippen molar-refractivity contribution in [2.75, 3.05) is 6.54 Å². The molecular formula is C26H23F3N2O5. The second-order valence-corrected chi connectivity index (χ2v) is 8.74. The number of hydrogen-bond acceptors (Lipinski definition) is 5. The molecule has 0 aliphatic heterocycles. The molecule has 2 aromatic carbocycles. The third-order valence-corrected chi connectivity index (χ3v) is 5.56. The number of benzene rings is 2. The van der Waals surface area contributed by atoms with Gasteiger partial charge in [0.15, 0.2) is 23.1 Å². The highest BCUT2D eigenvalue weighted by Crippen LogP contribution is 2.40. The molecule has 188 valence electrons. The standard InChI is InChI=1S/C26H23F3N2O5/c1-5-30-24(32)21-11-16-22(36-21)17(12-31(4)25(16)33)15-8-13(26(2,3)34)6-7-20(15)35-23-18(28)9-14(27)10-19(23)29/h6-12,34H,5H2,1-4H3,(H,30,32). The van der Waals surface area contributed by atoms with Crippen LogP contribution in [0.3, 0.4) is 0 Å². The number of carbonyl (C=O) groups is 1. The number of aryl methyl sites for hydroxylation is 1. The number of rotatable bonds is 6. The van der Waals surface area contributed by atoms with Gasteiger partial charge in [0.05, 0.1) is 11.0 Å². The van der Waals surface area contributed by atoms with E-state index in [1.807, 2.05) is 0 Å². The normalized spacial score (nSPS) is 11.7. The van der Waals surface area contributed by atoms with Crippen molar-refractivity contribution in [1.29, 1.82) is 0 Å². The fourth-order valence-corrected chi connectivity index (χ4v) is 3.75. The Morgan fingerprint density at radius 3 is 2.39 bits per heavy atom. The lowest BCUT2D eigenvalue weighted by Crippen LogP contribution is -2.22. The van der Waals surface area contributed by atoms with Crippen molar-refractivity contribution in [2.45, 2.75) is 26.4 Å². The van der Waals surface area contributed by atoms with Gasteiger partial charge in [-0.1, -0.05) is 6.07 Å². The zero-order valence-corrected chi connectivity index (χ0v) is 19.9. The lowest BCUT2D eigenvalue weighted by Gasteiger charge is -2.21. The van der Waals surface area contributed by atoms with Crippen LogP contribution < -0.4 is 15.6 Å². The van der Waals surface area contributed by atoms with Gasteiger partial charge in [-0.25, -0.2) is 13.2 Å².